The van der Waals surface area contributed by atoms with E-state index in [1.54, 1.807) is 13.3 Å². The second kappa shape index (κ2) is 8.36. The van der Waals surface area contributed by atoms with Gasteiger partial charge in [0, 0.05) is 38.7 Å². The van der Waals surface area contributed by atoms with E-state index in [9.17, 15) is 0 Å². The van der Waals surface area contributed by atoms with Gasteiger partial charge in [0.15, 0.2) is 5.96 Å². The van der Waals surface area contributed by atoms with Crippen LogP contribution in [0.3, 0.4) is 0 Å². The molecule has 0 bridgehead atoms. The molecule has 2 heterocycles. The Hall–Kier alpha value is -2.34. The second-order valence-electron chi connectivity index (χ2n) is 7.01. The van der Waals surface area contributed by atoms with Gasteiger partial charge < -0.3 is 19.8 Å². The number of nitrogens with zero attached hydrogens (tertiary/aromatic N) is 2. The van der Waals surface area contributed by atoms with Gasteiger partial charge >= 0.3 is 0 Å². The van der Waals surface area contributed by atoms with Crippen LogP contribution >= 0.6 is 0 Å². The third kappa shape index (κ3) is 4.85. The van der Waals surface area contributed by atoms with Crippen molar-refractivity contribution < 1.29 is 9.15 Å². The van der Waals surface area contributed by atoms with E-state index in [0.29, 0.717) is 5.89 Å². The Labute approximate surface area is 155 Å². The van der Waals surface area contributed by atoms with Crippen molar-refractivity contribution >= 4 is 5.96 Å². The normalized spacial score (nSPS) is 20.3. The first-order valence-corrected chi connectivity index (χ1v) is 9.18. The fourth-order valence-corrected chi connectivity index (χ4v) is 3.03. The van der Waals surface area contributed by atoms with Crippen LogP contribution in [0.1, 0.15) is 31.0 Å². The summed E-state index contributed by atoms with van der Waals surface area (Å²) >= 11 is 0. The zero-order chi connectivity index (χ0) is 18.4. The Kier molecular flexibility index (Phi) is 5.93. The van der Waals surface area contributed by atoms with Gasteiger partial charge in [0.05, 0.1) is 11.3 Å². The monoisotopic (exact) mass is 356 g/mol. The van der Waals surface area contributed by atoms with E-state index in [2.05, 4.69) is 46.6 Å². The molecule has 1 aliphatic heterocycles. The molecule has 1 atom stereocenters. The summed E-state index contributed by atoms with van der Waals surface area (Å²) in [6, 6.07) is 8.18. The lowest BCUT2D eigenvalue weighted by Crippen LogP contribution is -2.45. The Balaban J connectivity index is 1.46. The molecule has 1 aliphatic rings. The molecule has 1 unspecified atom stereocenters. The summed E-state index contributed by atoms with van der Waals surface area (Å²) in [5.41, 5.74) is 3.05. The lowest BCUT2D eigenvalue weighted by molar-refractivity contribution is 0.0243. The van der Waals surface area contributed by atoms with E-state index in [1.165, 1.54) is 5.56 Å². The number of nitrogens with one attached hydrogen (secondary N) is 2. The average Bonchev–Trinajstić information content (AvgIpc) is 3.28. The SMILES string of the molecule is CN=C(NCCc1coc(-c2ccc(C)cc2)n1)NCC1(C)CCCO1. The number of aliphatic imine (C=N–C) groups is 1. The van der Waals surface area contributed by atoms with Crippen molar-refractivity contribution in [2.75, 3.05) is 26.7 Å². The number of rotatable bonds is 6. The molecule has 1 fully saturated rings. The number of aryl methyl sites for hydroxylation is 1. The number of guanidine groups is 1. The first kappa shape index (κ1) is 18.5. The molecule has 0 radical (unpaired) electrons. The van der Waals surface area contributed by atoms with E-state index < -0.39 is 0 Å². The Morgan fingerprint density at radius 2 is 2.08 bits per heavy atom. The minimum Gasteiger partial charge on any atom is -0.444 e. The molecule has 6 nitrogen and oxygen atoms in total. The van der Waals surface area contributed by atoms with Crippen LogP contribution in [0.15, 0.2) is 39.9 Å². The molecule has 1 aromatic carbocycles. The molecule has 6 heteroatoms. The summed E-state index contributed by atoms with van der Waals surface area (Å²) in [5.74, 6) is 1.44. The Bertz CT molecular complexity index is 731. The highest BCUT2D eigenvalue weighted by Crippen LogP contribution is 2.23. The molecule has 3 rings (SSSR count). The molecular weight excluding hydrogens is 328 g/mol. The summed E-state index contributed by atoms with van der Waals surface area (Å²) in [4.78, 5) is 8.83. The number of hydrogen-bond donors (Lipinski definition) is 2. The van der Waals surface area contributed by atoms with Crippen LogP contribution in [0.2, 0.25) is 0 Å². The van der Waals surface area contributed by atoms with Gasteiger partial charge in [-0.1, -0.05) is 17.7 Å². The van der Waals surface area contributed by atoms with E-state index in [0.717, 1.165) is 56.2 Å². The van der Waals surface area contributed by atoms with Crippen LogP contribution in [-0.2, 0) is 11.2 Å². The zero-order valence-electron chi connectivity index (χ0n) is 15.8. The highest BCUT2D eigenvalue weighted by atomic mass is 16.5. The van der Waals surface area contributed by atoms with Crippen molar-refractivity contribution in [2.45, 2.75) is 38.7 Å². The van der Waals surface area contributed by atoms with Gasteiger partial charge in [-0.3, -0.25) is 4.99 Å². The predicted octanol–water partition coefficient (Wildman–Crippen LogP) is 2.93. The van der Waals surface area contributed by atoms with Crippen molar-refractivity contribution in [3.05, 3.63) is 41.8 Å². The fraction of sp³-hybridized carbons (Fsp3) is 0.500. The minimum absolute atomic E-state index is 0.0906. The number of benzene rings is 1. The Morgan fingerprint density at radius 1 is 1.27 bits per heavy atom. The number of hydrogen-bond acceptors (Lipinski definition) is 4. The first-order valence-electron chi connectivity index (χ1n) is 9.18. The van der Waals surface area contributed by atoms with Crippen LogP contribution in [0, 0.1) is 6.92 Å². The summed E-state index contributed by atoms with van der Waals surface area (Å²) in [7, 11) is 1.78. The average molecular weight is 356 g/mol. The van der Waals surface area contributed by atoms with Crippen LogP contribution < -0.4 is 10.6 Å². The number of aromatic nitrogens is 1. The molecule has 0 aliphatic carbocycles. The van der Waals surface area contributed by atoms with Crippen LogP contribution in [0.5, 0.6) is 0 Å². The molecule has 2 N–H and O–H groups in total. The highest BCUT2D eigenvalue weighted by Gasteiger charge is 2.29. The highest BCUT2D eigenvalue weighted by molar-refractivity contribution is 5.79. The van der Waals surface area contributed by atoms with Crippen LogP contribution in [-0.4, -0.2) is 43.3 Å². The summed E-state index contributed by atoms with van der Waals surface area (Å²) in [5, 5.41) is 6.66. The molecule has 2 aromatic rings. The lowest BCUT2D eigenvalue weighted by Gasteiger charge is -2.24. The van der Waals surface area contributed by atoms with Gasteiger partial charge in [-0.2, -0.15) is 0 Å². The van der Waals surface area contributed by atoms with Gasteiger partial charge in [0.1, 0.15) is 6.26 Å². The molecule has 0 spiro atoms. The molecule has 1 aromatic heterocycles. The lowest BCUT2D eigenvalue weighted by atomic mass is 10.0. The number of oxazole rings is 1. The zero-order valence-corrected chi connectivity index (χ0v) is 15.8. The van der Waals surface area contributed by atoms with Gasteiger partial charge in [0.2, 0.25) is 5.89 Å². The van der Waals surface area contributed by atoms with Gasteiger partial charge in [0.25, 0.3) is 0 Å². The standard InChI is InChI=1S/C20H28N4O2/c1-15-5-7-16(8-6-15)18-24-17(13-25-18)9-11-22-19(21-3)23-14-20(2)10-4-12-26-20/h5-8,13H,4,9-12,14H2,1-3H3,(H2,21,22,23). The van der Waals surface area contributed by atoms with Crippen LogP contribution in [0.4, 0.5) is 0 Å². The molecule has 1 saturated heterocycles. The quantitative estimate of drug-likeness (QED) is 0.615. The van der Waals surface area contributed by atoms with E-state index in [4.69, 9.17) is 9.15 Å². The molecule has 140 valence electrons. The molecule has 0 saturated carbocycles. The molecule has 26 heavy (non-hydrogen) atoms. The minimum atomic E-state index is -0.0906. The second-order valence-corrected chi connectivity index (χ2v) is 7.01. The topological polar surface area (TPSA) is 71.7 Å². The summed E-state index contributed by atoms with van der Waals surface area (Å²) in [6.45, 7) is 6.55. The molecular formula is C20H28N4O2. The fourth-order valence-electron chi connectivity index (χ4n) is 3.03. The van der Waals surface area contributed by atoms with E-state index in [-0.39, 0.29) is 5.60 Å². The summed E-state index contributed by atoms with van der Waals surface area (Å²) < 4.78 is 11.4. The van der Waals surface area contributed by atoms with Crippen molar-refractivity contribution in [3.8, 4) is 11.5 Å². The van der Waals surface area contributed by atoms with E-state index >= 15 is 0 Å². The molecule has 0 amide bonds. The first-order chi connectivity index (χ1) is 12.6. The summed E-state index contributed by atoms with van der Waals surface area (Å²) in [6.07, 6.45) is 4.70. The van der Waals surface area contributed by atoms with Gasteiger partial charge in [-0.25, -0.2) is 4.98 Å². The maximum atomic E-state index is 5.79. The van der Waals surface area contributed by atoms with Gasteiger partial charge in [-0.15, -0.1) is 0 Å². The third-order valence-corrected chi connectivity index (χ3v) is 4.68. The third-order valence-electron chi connectivity index (χ3n) is 4.68. The largest absolute Gasteiger partial charge is 0.444 e. The van der Waals surface area contributed by atoms with Crippen molar-refractivity contribution in [1.29, 1.82) is 0 Å². The van der Waals surface area contributed by atoms with Crippen molar-refractivity contribution in [3.63, 3.8) is 0 Å². The van der Waals surface area contributed by atoms with E-state index in [1.807, 2.05) is 12.1 Å². The van der Waals surface area contributed by atoms with Gasteiger partial charge in [-0.05, 0) is 38.8 Å². The maximum absolute atomic E-state index is 5.79. The maximum Gasteiger partial charge on any atom is 0.226 e. The Morgan fingerprint density at radius 3 is 2.77 bits per heavy atom. The number of ether oxygens (including phenoxy) is 1. The van der Waals surface area contributed by atoms with Crippen LogP contribution in [0.25, 0.3) is 11.5 Å². The van der Waals surface area contributed by atoms with Crippen molar-refractivity contribution in [2.24, 2.45) is 4.99 Å². The smallest absolute Gasteiger partial charge is 0.226 e. The van der Waals surface area contributed by atoms with Crippen molar-refractivity contribution in [1.82, 2.24) is 15.6 Å². The predicted molar refractivity (Wildman–Crippen MR) is 103 cm³/mol.